The van der Waals surface area contributed by atoms with Crippen LogP contribution in [0.5, 0.6) is 0 Å². The molecule has 0 aliphatic heterocycles. The molecule has 7 nitrogen and oxygen atoms in total. The molecule has 0 unspecified atom stereocenters. The number of nitrogens with zero attached hydrogens (tertiary/aromatic N) is 2. The van der Waals surface area contributed by atoms with Crippen molar-refractivity contribution in [1.29, 1.82) is 0 Å². The van der Waals surface area contributed by atoms with Gasteiger partial charge in [-0.15, -0.1) is 0 Å². The zero-order chi connectivity index (χ0) is 14.5. The molecule has 2 rings (SSSR count). The van der Waals surface area contributed by atoms with Crippen molar-refractivity contribution in [2.75, 3.05) is 5.32 Å². The van der Waals surface area contributed by atoms with Crippen LogP contribution in [0, 0.1) is 10.1 Å². The summed E-state index contributed by atoms with van der Waals surface area (Å²) in [7, 11) is 0. The first-order chi connectivity index (χ1) is 9.58. The van der Waals surface area contributed by atoms with Crippen molar-refractivity contribution >= 4 is 17.4 Å². The number of pyridine rings is 1. The Morgan fingerprint density at radius 3 is 2.85 bits per heavy atom. The fourth-order valence-corrected chi connectivity index (χ4v) is 2.32. The van der Waals surface area contributed by atoms with E-state index in [4.69, 9.17) is 0 Å². The number of carbonyl (C=O) groups is 1. The maximum atomic E-state index is 12.0. The summed E-state index contributed by atoms with van der Waals surface area (Å²) >= 11 is 0. The molecule has 20 heavy (non-hydrogen) atoms. The van der Waals surface area contributed by atoms with Gasteiger partial charge >= 0.3 is 5.69 Å². The summed E-state index contributed by atoms with van der Waals surface area (Å²) in [6.07, 6.45) is 5.73. The molecule has 7 heteroatoms. The third kappa shape index (κ3) is 3.43. The van der Waals surface area contributed by atoms with E-state index in [0.717, 1.165) is 25.7 Å². The van der Waals surface area contributed by atoms with Crippen LogP contribution in [0.15, 0.2) is 18.3 Å². The van der Waals surface area contributed by atoms with Crippen LogP contribution in [0.25, 0.3) is 0 Å². The van der Waals surface area contributed by atoms with Gasteiger partial charge in [0.25, 0.3) is 0 Å². The lowest BCUT2D eigenvalue weighted by Gasteiger charge is -2.17. The number of amides is 1. The van der Waals surface area contributed by atoms with Crippen LogP contribution in [-0.4, -0.2) is 27.9 Å². The summed E-state index contributed by atoms with van der Waals surface area (Å²) in [6, 6.07) is 2.51. The molecule has 0 saturated heterocycles. The molecule has 0 spiro atoms. The van der Waals surface area contributed by atoms with E-state index in [9.17, 15) is 14.9 Å². The molecule has 1 fully saturated rings. The van der Waals surface area contributed by atoms with E-state index in [1.807, 2.05) is 0 Å². The number of aromatic nitrogens is 1. The second-order valence-corrected chi connectivity index (χ2v) is 4.98. The van der Waals surface area contributed by atoms with Gasteiger partial charge in [-0.3, -0.25) is 14.9 Å². The minimum atomic E-state index is -0.566. The fraction of sp³-hybridized carbons (Fsp3) is 0.538. The number of anilines is 1. The number of rotatable bonds is 5. The summed E-state index contributed by atoms with van der Waals surface area (Å²) < 4.78 is 0. The normalized spacial score (nSPS) is 16.6. The quantitative estimate of drug-likeness (QED) is 0.632. The lowest BCUT2D eigenvalue weighted by molar-refractivity contribution is -0.384. The minimum Gasteiger partial charge on any atom is -0.353 e. The Kier molecular flexibility index (Phi) is 4.49. The van der Waals surface area contributed by atoms with Crippen LogP contribution in [0.3, 0.4) is 0 Å². The highest BCUT2D eigenvalue weighted by Gasteiger charge is 2.23. The Morgan fingerprint density at radius 1 is 1.50 bits per heavy atom. The van der Waals surface area contributed by atoms with Crippen LogP contribution in [0.4, 0.5) is 11.5 Å². The highest BCUT2D eigenvalue weighted by atomic mass is 16.6. The fourth-order valence-electron chi connectivity index (χ4n) is 2.32. The van der Waals surface area contributed by atoms with Crippen LogP contribution >= 0.6 is 0 Å². The van der Waals surface area contributed by atoms with Crippen LogP contribution in [0.2, 0.25) is 0 Å². The molecule has 1 heterocycles. The van der Waals surface area contributed by atoms with Gasteiger partial charge in [0.2, 0.25) is 11.7 Å². The maximum absolute atomic E-state index is 12.0. The lowest BCUT2D eigenvalue weighted by atomic mass is 10.2. The van der Waals surface area contributed by atoms with Gasteiger partial charge in [0.1, 0.15) is 6.04 Å². The molecule has 108 valence electrons. The van der Waals surface area contributed by atoms with E-state index in [1.54, 1.807) is 6.92 Å². The molecular weight excluding hydrogens is 260 g/mol. The maximum Gasteiger partial charge on any atom is 0.311 e. The predicted octanol–water partition coefficient (Wildman–Crippen LogP) is 1.85. The van der Waals surface area contributed by atoms with E-state index in [0.29, 0.717) is 0 Å². The van der Waals surface area contributed by atoms with Gasteiger partial charge in [0, 0.05) is 18.3 Å². The molecule has 1 aromatic heterocycles. The van der Waals surface area contributed by atoms with Crippen LogP contribution < -0.4 is 10.6 Å². The largest absolute Gasteiger partial charge is 0.353 e. The van der Waals surface area contributed by atoms with Gasteiger partial charge in [-0.25, -0.2) is 4.98 Å². The first-order valence-electron chi connectivity index (χ1n) is 6.74. The van der Waals surface area contributed by atoms with E-state index >= 15 is 0 Å². The van der Waals surface area contributed by atoms with Gasteiger partial charge in [0.05, 0.1) is 4.92 Å². The molecule has 1 aliphatic carbocycles. The Balaban J connectivity index is 1.98. The third-order valence-corrected chi connectivity index (χ3v) is 3.43. The highest BCUT2D eigenvalue weighted by molar-refractivity contribution is 5.84. The lowest BCUT2D eigenvalue weighted by Crippen LogP contribution is -2.42. The van der Waals surface area contributed by atoms with Crippen molar-refractivity contribution in [3.8, 4) is 0 Å². The molecule has 0 aromatic carbocycles. The summed E-state index contributed by atoms with van der Waals surface area (Å²) in [4.78, 5) is 26.3. The summed E-state index contributed by atoms with van der Waals surface area (Å²) in [5.41, 5.74) is -0.131. The topological polar surface area (TPSA) is 97.2 Å². The van der Waals surface area contributed by atoms with Gasteiger partial charge < -0.3 is 10.6 Å². The Labute approximate surface area is 116 Å². The van der Waals surface area contributed by atoms with Crippen molar-refractivity contribution in [2.24, 2.45) is 0 Å². The Morgan fingerprint density at radius 2 is 2.20 bits per heavy atom. The van der Waals surface area contributed by atoms with Gasteiger partial charge in [0.15, 0.2) is 0 Å². The monoisotopic (exact) mass is 278 g/mol. The van der Waals surface area contributed by atoms with Crippen molar-refractivity contribution in [3.63, 3.8) is 0 Å². The Hall–Kier alpha value is -2.18. The van der Waals surface area contributed by atoms with Crippen molar-refractivity contribution < 1.29 is 9.72 Å². The zero-order valence-electron chi connectivity index (χ0n) is 11.3. The number of nitro groups is 1. The number of nitrogens with one attached hydrogen (secondary N) is 2. The molecule has 1 amide bonds. The first-order valence-corrected chi connectivity index (χ1v) is 6.74. The number of hydrogen-bond donors (Lipinski definition) is 2. The standard InChI is InChI=1S/C13H18N4O3/c1-9(13(18)16-10-5-2-3-6-10)15-12-11(17(19)20)7-4-8-14-12/h4,7-10H,2-3,5-6H2,1H3,(H,14,15)(H,16,18)/t9-/m1/s1. The van der Waals surface area contributed by atoms with Gasteiger partial charge in [-0.05, 0) is 25.8 Å². The highest BCUT2D eigenvalue weighted by Crippen LogP contribution is 2.21. The van der Waals surface area contributed by atoms with Crippen molar-refractivity contribution in [3.05, 3.63) is 28.4 Å². The number of carbonyl (C=O) groups excluding carboxylic acids is 1. The van der Waals surface area contributed by atoms with Gasteiger partial charge in [-0.1, -0.05) is 12.8 Å². The van der Waals surface area contributed by atoms with Crippen LogP contribution in [-0.2, 0) is 4.79 Å². The number of hydrogen-bond acceptors (Lipinski definition) is 5. The molecule has 0 radical (unpaired) electrons. The van der Waals surface area contributed by atoms with E-state index in [2.05, 4.69) is 15.6 Å². The van der Waals surface area contributed by atoms with Gasteiger partial charge in [-0.2, -0.15) is 0 Å². The molecule has 1 atom stereocenters. The van der Waals surface area contributed by atoms with E-state index in [-0.39, 0.29) is 23.5 Å². The molecule has 1 saturated carbocycles. The molecule has 2 N–H and O–H groups in total. The summed E-state index contributed by atoms with van der Waals surface area (Å²) in [5, 5.41) is 16.6. The Bertz CT molecular complexity index is 500. The molecule has 1 aromatic rings. The second-order valence-electron chi connectivity index (χ2n) is 4.98. The van der Waals surface area contributed by atoms with Crippen LogP contribution in [0.1, 0.15) is 32.6 Å². The molecule has 0 bridgehead atoms. The minimum absolute atomic E-state index is 0.117. The summed E-state index contributed by atoms with van der Waals surface area (Å²) in [5.74, 6) is -0.0385. The van der Waals surface area contributed by atoms with E-state index < -0.39 is 11.0 Å². The zero-order valence-corrected chi connectivity index (χ0v) is 11.3. The first kappa shape index (κ1) is 14.2. The predicted molar refractivity (Wildman–Crippen MR) is 74.4 cm³/mol. The average Bonchev–Trinajstić information content (AvgIpc) is 2.91. The average molecular weight is 278 g/mol. The smallest absolute Gasteiger partial charge is 0.311 e. The third-order valence-electron chi connectivity index (χ3n) is 3.43. The summed E-state index contributed by atoms with van der Waals surface area (Å²) in [6.45, 7) is 1.67. The van der Waals surface area contributed by atoms with Crippen molar-refractivity contribution in [1.82, 2.24) is 10.3 Å². The van der Waals surface area contributed by atoms with E-state index in [1.165, 1.54) is 18.3 Å². The second kappa shape index (κ2) is 6.31. The molecule has 1 aliphatic rings. The molecular formula is C13H18N4O3. The SMILES string of the molecule is C[C@@H](Nc1ncccc1[N+](=O)[O-])C(=O)NC1CCCC1. The van der Waals surface area contributed by atoms with Crippen molar-refractivity contribution in [2.45, 2.75) is 44.7 Å².